The molecule has 1 aliphatic heterocycles. The monoisotopic (exact) mass is 278 g/mol. The van der Waals surface area contributed by atoms with Crippen molar-refractivity contribution in [2.24, 2.45) is 0 Å². The molecule has 4 nitrogen and oxygen atoms in total. The number of hydrogen-bond acceptors (Lipinski definition) is 3. The van der Waals surface area contributed by atoms with Crippen molar-refractivity contribution in [1.29, 1.82) is 0 Å². The van der Waals surface area contributed by atoms with Crippen LogP contribution in [-0.2, 0) is 11.2 Å². The minimum absolute atomic E-state index is 0.103. The van der Waals surface area contributed by atoms with Crippen molar-refractivity contribution in [3.63, 3.8) is 0 Å². The average molecular weight is 278 g/mol. The van der Waals surface area contributed by atoms with E-state index in [1.165, 1.54) is 24.8 Å². The number of nitrogens with one attached hydrogen (secondary N) is 2. The highest BCUT2D eigenvalue weighted by Gasteiger charge is 2.09. The molecule has 0 aromatic heterocycles. The summed E-state index contributed by atoms with van der Waals surface area (Å²) in [5, 5.41) is 6.08. The summed E-state index contributed by atoms with van der Waals surface area (Å²) in [5.74, 6) is -0.359. The number of rotatable bonds is 5. The first kappa shape index (κ1) is 14.5. The zero-order valence-corrected chi connectivity index (χ0v) is 11.5. The zero-order chi connectivity index (χ0) is 14.4. The number of carbonyl (C=O) groups is 1. The van der Waals surface area contributed by atoms with E-state index in [2.05, 4.69) is 16.7 Å². The number of carbonyl (C=O) groups excluding carboxylic acids is 1. The highest BCUT2D eigenvalue weighted by atomic mass is 19.1. The second-order valence-electron chi connectivity index (χ2n) is 4.74. The van der Waals surface area contributed by atoms with E-state index in [1.54, 1.807) is 6.07 Å². The lowest BCUT2D eigenvalue weighted by Gasteiger charge is -2.14. The van der Waals surface area contributed by atoms with E-state index < -0.39 is 5.82 Å². The lowest BCUT2D eigenvalue weighted by atomic mass is 10.1. The number of halogens is 1. The number of ether oxygens (including phenoxy) is 1. The van der Waals surface area contributed by atoms with Crippen LogP contribution >= 0.6 is 0 Å². The third-order valence-electron chi connectivity index (χ3n) is 3.25. The average Bonchev–Trinajstić information content (AvgIpc) is 2.46. The lowest BCUT2D eigenvalue weighted by Crippen LogP contribution is -2.30. The number of amides is 1. The predicted octanol–water partition coefficient (Wildman–Crippen LogP) is 1.41. The van der Waals surface area contributed by atoms with Crippen LogP contribution in [0, 0.1) is 5.82 Å². The zero-order valence-electron chi connectivity index (χ0n) is 11.5. The van der Waals surface area contributed by atoms with Gasteiger partial charge in [-0.25, -0.2) is 4.39 Å². The molecule has 0 aliphatic carbocycles. The Kier molecular flexibility index (Phi) is 5.12. The van der Waals surface area contributed by atoms with Crippen LogP contribution in [0.4, 0.5) is 4.39 Å². The molecule has 2 N–H and O–H groups in total. The molecule has 1 aliphatic rings. The van der Waals surface area contributed by atoms with Crippen molar-refractivity contribution in [1.82, 2.24) is 10.6 Å². The van der Waals surface area contributed by atoms with Gasteiger partial charge in [-0.3, -0.25) is 4.79 Å². The summed E-state index contributed by atoms with van der Waals surface area (Å²) >= 11 is 0. The van der Waals surface area contributed by atoms with Gasteiger partial charge < -0.3 is 15.4 Å². The summed E-state index contributed by atoms with van der Waals surface area (Å²) in [4.78, 5) is 11.8. The van der Waals surface area contributed by atoms with Crippen LogP contribution in [0.5, 0.6) is 5.75 Å². The topological polar surface area (TPSA) is 50.4 Å². The van der Waals surface area contributed by atoms with Gasteiger partial charge >= 0.3 is 0 Å². The Balaban J connectivity index is 1.84. The molecular formula is C15H19FN2O2. The van der Waals surface area contributed by atoms with Crippen molar-refractivity contribution in [3.05, 3.63) is 41.2 Å². The van der Waals surface area contributed by atoms with Gasteiger partial charge in [0.25, 0.3) is 0 Å². The van der Waals surface area contributed by atoms with Crippen LogP contribution in [0.15, 0.2) is 29.8 Å². The molecule has 0 saturated carbocycles. The third kappa shape index (κ3) is 4.06. The number of methoxy groups -OCH3 is 1. The minimum Gasteiger partial charge on any atom is -0.494 e. The van der Waals surface area contributed by atoms with Gasteiger partial charge in [0.05, 0.1) is 13.5 Å². The first-order valence-corrected chi connectivity index (χ1v) is 6.67. The van der Waals surface area contributed by atoms with Crippen molar-refractivity contribution in [2.75, 3.05) is 26.7 Å². The van der Waals surface area contributed by atoms with E-state index in [1.807, 2.05) is 0 Å². The summed E-state index contributed by atoms with van der Waals surface area (Å²) in [5.41, 5.74) is 1.87. The Morgan fingerprint density at radius 1 is 1.50 bits per heavy atom. The van der Waals surface area contributed by atoms with Crippen LogP contribution in [-0.4, -0.2) is 32.7 Å². The van der Waals surface area contributed by atoms with Crippen LogP contribution in [0.2, 0.25) is 0 Å². The Hall–Kier alpha value is -1.88. The maximum Gasteiger partial charge on any atom is 0.224 e. The smallest absolute Gasteiger partial charge is 0.224 e. The SMILES string of the molecule is COc1ccc(CC(=O)NCC2=CCNCC2)cc1F. The summed E-state index contributed by atoms with van der Waals surface area (Å²) in [6.45, 7) is 2.37. The molecule has 1 aromatic carbocycles. The lowest BCUT2D eigenvalue weighted by molar-refractivity contribution is -0.120. The molecule has 0 bridgehead atoms. The van der Waals surface area contributed by atoms with Gasteiger partial charge in [-0.2, -0.15) is 0 Å². The quantitative estimate of drug-likeness (QED) is 0.801. The Morgan fingerprint density at radius 3 is 3.00 bits per heavy atom. The summed E-state index contributed by atoms with van der Waals surface area (Å²) in [7, 11) is 1.41. The second-order valence-corrected chi connectivity index (χ2v) is 4.74. The van der Waals surface area contributed by atoms with Gasteiger partial charge in [0.15, 0.2) is 11.6 Å². The van der Waals surface area contributed by atoms with E-state index in [0.29, 0.717) is 12.1 Å². The van der Waals surface area contributed by atoms with E-state index >= 15 is 0 Å². The van der Waals surface area contributed by atoms with Gasteiger partial charge in [-0.1, -0.05) is 17.7 Å². The van der Waals surface area contributed by atoms with Crippen molar-refractivity contribution >= 4 is 5.91 Å². The van der Waals surface area contributed by atoms with E-state index in [-0.39, 0.29) is 18.1 Å². The molecule has 0 radical (unpaired) electrons. The predicted molar refractivity (Wildman–Crippen MR) is 75.2 cm³/mol. The van der Waals surface area contributed by atoms with Gasteiger partial charge in [0.1, 0.15) is 0 Å². The highest BCUT2D eigenvalue weighted by molar-refractivity contribution is 5.78. The van der Waals surface area contributed by atoms with E-state index in [9.17, 15) is 9.18 Å². The molecule has 0 saturated heterocycles. The molecule has 1 amide bonds. The summed E-state index contributed by atoms with van der Waals surface area (Å²) < 4.78 is 18.3. The molecule has 20 heavy (non-hydrogen) atoms. The van der Waals surface area contributed by atoms with Gasteiger partial charge in [-0.15, -0.1) is 0 Å². The van der Waals surface area contributed by atoms with Gasteiger partial charge in [-0.05, 0) is 30.7 Å². The van der Waals surface area contributed by atoms with Gasteiger partial charge in [0, 0.05) is 13.1 Å². The Bertz CT molecular complexity index is 515. The fraction of sp³-hybridized carbons (Fsp3) is 0.400. The fourth-order valence-corrected chi connectivity index (χ4v) is 2.11. The minimum atomic E-state index is -0.445. The second kappa shape index (κ2) is 7.05. The largest absolute Gasteiger partial charge is 0.494 e. The van der Waals surface area contributed by atoms with Crippen molar-refractivity contribution < 1.29 is 13.9 Å². The molecule has 2 rings (SSSR count). The molecule has 0 spiro atoms. The van der Waals surface area contributed by atoms with Gasteiger partial charge in [0.2, 0.25) is 5.91 Å². The molecule has 1 aromatic rings. The van der Waals surface area contributed by atoms with E-state index in [0.717, 1.165) is 19.5 Å². The maximum absolute atomic E-state index is 13.5. The summed E-state index contributed by atoms with van der Waals surface area (Å²) in [6, 6.07) is 4.57. The first-order valence-electron chi connectivity index (χ1n) is 6.67. The van der Waals surface area contributed by atoms with Crippen molar-refractivity contribution in [3.8, 4) is 5.75 Å². The third-order valence-corrected chi connectivity index (χ3v) is 3.25. The maximum atomic E-state index is 13.5. The van der Waals surface area contributed by atoms with Crippen LogP contribution in [0.1, 0.15) is 12.0 Å². The molecule has 5 heteroatoms. The number of hydrogen-bond donors (Lipinski definition) is 2. The normalized spacial score (nSPS) is 14.6. The Labute approximate surface area is 118 Å². The fourth-order valence-electron chi connectivity index (χ4n) is 2.11. The van der Waals surface area contributed by atoms with Crippen molar-refractivity contribution in [2.45, 2.75) is 12.8 Å². The molecular weight excluding hydrogens is 259 g/mol. The van der Waals surface area contributed by atoms with Crippen LogP contribution < -0.4 is 15.4 Å². The van der Waals surface area contributed by atoms with E-state index in [4.69, 9.17) is 4.74 Å². The molecule has 0 unspecified atom stereocenters. The Morgan fingerprint density at radius 2 is 2.35 bits per heavy atom. The molecule has 0 atom stereocenters. The van der Waals surface area contributed by atoms with Crippen LogP contribution in [0.3, 0.4) is 0 Å². The summed E-state index contributed by atoms with van der Waals surface area (Å²) in [6.07, 6.45) is 3.22. The standard InChI is InChI=1S/C15H19FN2O2/c1-20-14-3-2-12(8-13(14)16)9-15(19)18-10-11-4-6-17-7-5-11/h2-4,8,17H,5-7,9-10H2,1H3,(H,18,19). The number of benzene rings is 1. The first-order chi connectivity index (χ1) is 9.69. The molecule has 0 fully saturated rings. The molecule has 1 heterocycles. The highest BCUT2D eigenvalue weighted by Crippen LogP contribution is 2.17. The van der Waals surface area contributed by atoms with Crippen LogP contribution in [0.25, 0.3) is 0 Å². The molecule has 108 valence electrons.